The van der Waals surface area contributed by atoms with Gasteiger partial charge in [0.1, 0.15) is 29.9 Å². The lowest BCUT2D eigenvalue weighted by Gasteiger charge is -2.18. The van der Waals surface area contributed by atoms with Gasteiger partial charge in [0, 0.05) is 12.7 Å². The monoisotopic (exact) mass is 355 g/mol. The number of carbonyl (C=O) groups excluding carboxylic acids is 1. The Balaban J connectivity index is 1.75. The number of urea groups is 1. The third-order valence-corrected chi connectivity index (χ3v) is 3.51. The molecule has 2 rings (SSSR count). The van der Waals surface area contributed by atoms with Crippen LogP contribution in [0.5, 0.6) is 17.2 Å². The minimum Gasteiger partial charge on any atom is -0.497 e. The van der Waals surface area contributed by atoms with Gasteiger partial charge >= 0.3 is 6.03 Å². The van der Waals surface area contributed by atoms with Crippen LogP contribution in [0.1, 0.15) is 0 Å². The lowest BCUT2D eigenvalue weighted by molar-refractivity contribution is 0.207. The first-order valence-corrected chi connectivity index (χ1v) is 8.01. The molecule has 0 spiro atoms. The Hall–Kier alpha value is -3.40. The molecule has 7 nitrogen and oxygen atoms in total. The van der Waals surface area contributed by atoms with E-state index >= 15 is 0 Å². The van der Waals surface area contributed by atoms with Crippen LogP contribution in [0, 0.1) is 11.3 Å². The standard InChI is InChI=1S/C19H21N3O4/c1-22(12-14-26-18-9-7-16(24-2)8-10-18)19(23)21-15-3-5-17(6-4-15)25-13-11-20/h3-10H,12-14H2,1-2H3,(H,21,23). The maximum Gasteiger partial charge on any atom is 0.321 e. The van der Waals surface area contributed by atoms with Gasteiger partial charge in [-0.15, -0.1) is 0 Å². The average Bonchev–Trinajstić information content (AvgIpc) is 2.67. The summed E-state index contributed by atoms with van der Waals surface area (Å²) in [6.07, 6.45) is 0. The lowest BCUT2D eigenvalue weighted by Crippen LogP contribution is -2.34. The van der Waals surface area contributed by atoms with Crippen LogP contribution in [0.15, 0.2) is 48.5 Å². The molecule has 0 bridgehead atoms. The predicted octanol–water partition coefficient (Wildman–Crippen LogP) is 3.14. The summed E-state index contributed by atoms with van der Waals surface area (Å²) in [6.45, 7) is 0.793. The van der Waals surface area contributed by atoms with Gasteiger partial charge in [-0.1, -0.05) is 0 Å². The van der Waals surface area contributed by atoms with Crippen molar-refractivity contribution in [2.45, 2.75) is 0 Å². The number of ether oxygens (including phenoxy) is 3. The highest BCUT2D eigenvalue weighted by atomic mass is 16.5. The van der Waals surface area contributed by atoms with E-state index in [1.165, 1.54) is 4.90 Å². The fourth-order valence-corrected chi connectivity index (χ4v) is 2.04. The lowest BCUT2D eigenvalue weighted by atomic mass is 10.3. The molecule has 136 valence electrons. The van der Waals surface area contributed by atoms with E-state index in [9.17, 15) is 4.79 Å². The van der Waals surface area contributed by atoms with Crippen LogP contribution >= 0.6 is 0 Å². The predicted molar refractivity (Wildman–Crippen MR) is 97.7 cm³/mol. The number of likely N-dealkylation sites (N-methyl/N-ethyl adjacent to an activating group) is 1. The quantitative estimate of drug-likeness (QED) is 0.786. The van der Waals surface area contributed by atoms with Crippen molar-refractivity contribution in [2.75, 3.05) is 39.2 Å². The number of amides is 2. The molecule has 2 aromatic carbocycles. The maximum atomic E-state index is 12.2. The zero-order valence-corrected chi connectivity index (χ0v) is 14.8. The fraction of sp³-hybridized carbons (Fsp3) is 0.263. The number of nitrogens with one attached hydrogen (secondary N) is 1. The number of hydrogen-bond donors (Lipinski definition) is 1. The molecule has 0 saturated carbocycles. The van der Waals surface area contributed by atoms with Gasteiger partial charge in [-0.25, -0.2) is 4.79 Å². The zero-order valence-electron chi connectivity index (χ0n) is 14.8. The van der Waals surface area contributed by atoms with Crippen LogP contribution in [0.4, 0.5) is 10.5 Å². The van der Waals surface area contributed by atoms with E-state index < -0.39 is 0 Å². The van der Waals surface area contributed by atoms with Crippen molar-refractivity contribution in [3.63, 3.8) is 0 Å². The molecule has 2 aromatic rings. The Kier molecular flexibility index (Phi) is 7.13. The SMILES string of the molecule is COc1ccc(OCCN(C)C(=O)Nc2ccc(OCC#N)cc2)cc1. The number of anilines is 1. The molecular formula is C19H21N3O4. The number of rotatable bonds is 8. The Labute approximate surface area is 152 Å². The van der Waals surface area contributed by atoms with Gasteiger partial charge in [-0.05, 0) is 48.5 Å². The van der Waals surface area contributed by atoms with Crippen LogP contribution in [0.3, 0.4) is 0 Å². The Morgan fingerprint density at radius 1 is 1.04 bits per heavy atom. The third kappa shape index (κ3) is 5.91. The summed E-state index contributed by atoms with van der Waals surface area (Å²) in [5, 5.41) is 11.3. The molecule has 0 heterocycles. The molecule has 0 aromatic heterocycles. The smallest absolute Gasteiger partial charge is 0.321 e. The second-order valence-electron chi connectivity index (χ2n) is 5.35. The van der Waals surface area contributed by atoms with Gasteiger partial charge in [-0.3, -0.25) is 0 Å². The number of benzene rings is 2. The molecule has 26 heavy (non-hydrogen) atoms. The number of carbonyl (C=O) groups is 1. The summed E-state index contributed by atoms with van der Waals surface area (Å²) in [6, 6.07) is 15.7. The minimum atomic E-state index is -0.242. The molecule has 0 fully saturated rings. The first-order chi connectivity index (χ1) is 12.6. The fourth-order valence-electron chi connectivity index (χ4n) is 2.04. The average molecular weight is 355 g/mol. The van der Waals surface area contributed by atoms with Crippen molar-refractivity contribution >= 4 is 11.7 Å². The number of hydrogen-bond acceptors (Lipinski definition) is 5. The van der Waals surface area contributed by atoms with Crippen LogP contribution in [0.25, 0.3) is 0 Å². The van der Waals surface area contributed by atoms with Crippen molar-refractivity contribution in [3.05, 3.63) is 48.5 Å². The van der Waals surface area contributed by atoms with Crippen molar-refractivity contribution < 1.29 is 19.0 Å². The van der Waals surface area contributed by atoms with Gasteiger partial charge in [0.2, 0.25) is 0 Å². The highest BCUT2D eigenvalue weighted by Gasteiger charge is 2.09. The molecule has 0 saturated heterocycles. The van der Waals surface area contributed by atoms with Gasteiger partial charge in [0.25, 0.3) is 0 Å². The van der Waals surface area contributed by atoms with E-state index in [0.29, 0.717) is 30.3 Å². The van der Waals surface area contributed by atoms with Gasteiger partial charge < -0.3 is 24.4 Å². The number of methoxy groups -OCH3 is 1. The maximum absolute atomic E-state index is 12.2. The van der Waals surface area contributed by atoms with Crippen molar-refractivity contribution in [1.29, 1.82) is 5.26 Å². The van der Waals surface area contributed by atoms with Crippen molar-refractivity contribution in [2.24, 2.45) is 0 Å². The van der Waals surface area contributed by atoms with Gasteiger partial charge in [0.05, 0.1) is 13.7 Å². The molecule has 0 aliphatic heterocycles. The summed E-state index contributed by atoms with van der Waals surface area (Å²) < 4.78 is 15.9. The topological polar surface area (TPSA) is 83.8 Å². The van der Waals surface area contributed by atoms with E-state index in [0.717, 1.165) is 5.75 Å². The highest BCUT2D eigenvalue weighted by Crippen LogP contribution is 2.17. The van der Waals surface area contributed by atoms with Crippen LogP contribution in [-0.4, -0.2) is 44.8 Å². The molecular weight excluding hydrogens is 334 g/mol. The molecule has 0 atom stereocenters. The summed E-state index contributed by atoms with van der Waals surface area (Å²) in [5.41, 5.74) is 0.641. The van der Waals surface area contributed by atoms with Gasteiger partial charge in [0.15, 0.2) is 6.61 Å². The van der Waals surface area contributed by atoms with Crippen LogP contribution in [-0.2, 0) is 0 Å². The van der Waals surface area contributed by atoms with Crippen molar-refractivity contribution in [1.82, 2.24) is 4.90 Å². The second kappa shape index (κ2) is 9.79. The Morgan fingerprint density at radius 2 is 1.62 bits per heavy atom. The molecule has 0 unspecified atom stereocenters. The van der Waals surface area contributed by atoms with Crippen LogP contribution in [0.2, 0.25) is 0 Å². The normalized spacial score (nSPS) is 9.73. The van der Waals surface area contributed by atoms with Crippen LogP contribution < -0.4 is 19.5 Å². The van der Waals surface area contributed by atoms with Gasteiger partial charge in [-0.2, -0.15) is 5.26 Å². The molecule has 0 radical (unpaired) electrons. The first kappa shape index (κ1) is 18.9. The summed E-state index contributed by atoms with van der Waals surface area (Å²) in [5.74, 6) is 2.05. The zero-order chi connectivity index (χ0) is 18.8. The number of nitrogens with zero attached hydrogens (tertiary/aromatic N) is 2. The first-order valence-electron chi connectivity index (χ1n) is 8.01. The van der Waals surface area contributed by atoms with E-state index in [1.54, 1.807) is 38.4 Å². The largest absolute Gasteiger partial charge is 0.497 e. The molecule has 0 aliphatic rings. The molecule has 1 N–H and O–H groups in total. The highest BCUT2D eigenvalue weighted by molar-refractivity contribution is 5.89. The van der Waals surface area contributed by atoms with E-state index in [2.05, 4.69) is 5.32 Å². The van der Waals surface area contributed by atoms with E-state index in [1.807, 2.05) is 30.3 Å². The molecule has 2 amide bonds. The molecule has 7 heteroatoms. The summed E-state index contributed by atoms with van der Waals surface area (Å²) in [7, 11) is 3.30. The van der Waals surface area contributed by atoms with E-state index in [4.69, 9.17) is 19.5 Å². The minimum absolute atomic E-state index is 0.0113. The van der Waals surface area contributed by atoms with Crippen molar-refractivity contribution in [3.8, 4) is 23.3 Å². The Morgan fingerprint density at radius 3 is 2.23 bits per heavy atom. The summed E-state index contributed by atoms with van der Waals surface area (Å²) >= 11 is 0. The summed E-state index contributed by atoms with van der Waals surface area (Å²) in [4.78, 5) is 13.7. The third-order valence-electron chi connectivity index (χ3n) is 3.51. The van der Waals surface area contributed by atoms with E-state index in [-0.39, 0.29) is 12.6 Å². The molecule has 0 aliphatic carbocycles. The number of nitriles is 1. The Bertz CT molecular complexity index is 739. The second-order valence-corrected chi connectivity index (χ2v) is 5.35.